The van der Waals surface area contributed by atoms with Gasteiger partial charge in [-0.3, -0.25) is 0 Å². The van der Waals surface area contributed by atoms with Crippen LogP contribution in [0, 0.1) is 24.6 Å². The predicted octanol–water partition coefficient (Wildman–Crippen LogP) is 4.50. The Hall–Kier alpha value is -0.890. The number of rotatable bonds is 2. The summed E-state index contributed by atoms with van der Waals surface area (Å²) in [5, 5.41) is 0. The van der Waals surface area contributed by atoms with Crippen LogP contribution < -0.4 is 0 Å². The van der Waals surface area contributed by atoms with Crippen molar-refractivity contribution in [2.45, 2.75) is 57.4 Å². The number of likely N-dealkylation sites (tertiary alicyclic amines) is 1. The maximum atomic E-state index is 13.5. The average Bonchev–Trinajstić information content (AvgIpc) is 3.13. The van der Waals surface area contributed by atoms with E-state index in [1.54, 1.807) is 12.1 Å². The topological polar surface area (TPSA) is 3.24 Å². The Morgan fingerprint density at radius 3 is 2.52 bits per heavy atom. The lowest BCUT2D eigenvalue weighted by Crippen LogP contribution is -2.43. The predicted molar refractivity (Wildman–Crippen MR) is 83.9 cm³/mol. The van der Waals surface area contributed by atoms with Gasteiger partial charge in [-0.2, -0.15) is 0 Å². The maximum Gasteiger partial charge on any atom is 0.123 e. The molecular formula is C19H26FN. The van der Waals surface area contributed by atoms with Gasteiger partial charge in [0.25, 0.3) is 0 Å². The van der Waals surface area contributed by atoms with Crippen molar-refractivity contribution < 1.29 is 4.39 Å². The standard InChI is InChI=1S/C19H26FN/c1-13-2-5-17(20)12-18(13)15-6-8-21(9-7-15)19-11-14-3-4-16(19)10-14/h2,5,12,14-16,19H,3-4,6-11H2,1H3/t14-,16-,19+/m0/s1. The van der Waals surface area contributed by atoms with E-state index in [-0.39, 0.29) is 5.82 Å². The van der Waals surface area contributed by atoms with Gasteiger partial charge in [0.1, 0.15) is 5.82 Å². The Morgan fingerprint density at radius 2 is 1.86 bits per heavy atom. The van der Waals surface area contributed by atoms with E-state index in [0.717, 1.165) is 17.9 Å². The van der Waals surface area contributed by atoms with Crippen LogP contribution in [0.25, 0.3) is 0 Å². The summed E-state index contributed by atoms with van der Waals surface area (Å²) >= 11 is 0. The molecule has 2 heteroatoms. The smallest absolute Gasteiger partial charge is 0.123 e. The number of aryl methyl sites for hydroxylation is 1. The van der Waals surface area contributed by atoms with Crippen LogP contribution in [-0.2, 0) is 0 Å². The summed E-state index contributed by atoms with van der Waals surface area (Å²) in [6.07, 6.45) is 8.32. The minimum absolute atomic E-state index is 0.0777. The third-order valence-corrected chi connectivity index (χ3v) is 6.38. The van der Waals surface area contributed by atoms with Gasteiger partial charge in [-0.25, -0.2) is 4.39 Å². The van der Waals surface area contributed by atoms with Gasteiger partial charge in [-0.15, -0.1) is 0 Å². The van der Waals surface area contributed by atoms with E-state index < -0.39 is 0 Å². The second-order valence-electron chi connectivity index (χ2n) is 7.55. The normalized spacial score (nSPS) is 33.7. The first-order valence-corrected chi connectivity index (χ1v) is 8.71. The molecule has 0 aromatic heterocycles. The lowest BCUT2D eigenvalue weighted by molar-refractivity contribution is 0.110. The lowest BCUT2D eigenvalue weighted by Gasteiger charge is -2.40. The molecule has 4 rings (SSSR count). The minimum Gasteiger partial charge on any atom is -0.300 e. The first-order chi connectivity index (χ1) is 10.2. The van der Waals surface area contributed by atoms with Gasteiger partial charge >= 0.3 is 0 Å². The van der Waals surface area contributed by atoms with Gasteiger partial charge in [0.2, 0.25) is 0 Å². The van der Waals surface area contributed by atoms with E-state index in [2.05, 4.69) is 11.8 Å². The fourth-order valence-electron chi connectivity index (χ4n) is 5.25. The Morgan fingerprint density at radius 1 is 1.05 bits per heavy atom. The number of halogens is 1. The van der Waals surface area contributed by atoms with Crippen LogP contribution >= 0.6 is 0 Å². The van der Waals surface area contributed by atoms with E-state index in [0.29, 0.717) is 5.92 Å². The zero-order valence-corrected chi connectivity index (χ0v) is 13.0. The van der Waals surface area contributed by atoms with E-state index in [9.17, 15) is 4.39 Å². The Balaban J connectivity index is 1.41. The molecule has 3 aliphatic rings. The number of hydrogen-bond acceptors (Lipinski definition) is 1. The molecule has 2 bridgehead atoms. The number of fused-ring (bicyclic) bond motifs is 2. The van der Waals surface area contributed by atoms with E-state index >= 15 is 0 Å². The van der Waals surface area contributed by atoms with Crippen molar-refractivity contribution in [3.05, 3.63) is 35.1 Å². The van der Waals surface area contributed by atoms with Gasteiger partial charge in [-0.05, 0) is 93.1 Å². The molecule has 114 valence electrons. The molecule has 1 saturated heterocycles. The SMILES string of the molecule is Cc1ccc(F)cc1C1CCN([C@@H]2C[C@H]3CC[C@H]2C3)CC1. The summed E-state index contributed by atoms with van der Waals surface area (Å²) in [4.78, 5) is 2.76. The molecule has 2 saturated carbocycles. The zero-order chi connectivity index (χ0) is 14.4. The lowest BCUT2D eigenvalue weighted by atomic mass is 9.85. The third-order valence-electron chi connectivity index (χ3n) is 6.38. The number of benzene rings is 1. The highest BCUT2D eigenvalue weighted by Gasteiger charge is 2.42. The number of hydrogen-bond donors (Lipinski definition) is 0. The van der Waals surface area contributed by atoms with Crippen LogP contribution in [0.2, 0.25) is 0 Å². The fourth-order valence-corrected chi connectivity index (χ4v) is 5.25. The van der Waals surface area contributed by atoms with Crippen LogP contribution in [0.3, 0.4) is 0 Å². The Kier molecular flexibility index (Phi) is 3.53. The zero-order valence-electron chi connectivity index (χ0n) is 13.0. The molecule has 0 radical (unpaired) electrons. The first-order valence-electron chi connectivity index (χ1n) is 8.71. The first kappa shape index (κ1) is 13.8. The van der Waals surface area contributed by atoms with E-state index in [1.165, 1.54) is 62.7 Å². The molecule has 0 unspecified atom stereocenters. The van der Waals surface area contributed by atoms with Crippen molar-refractivity contribution in [3.8, 4) is 0 Å². The van der Waals surface area contributed by atoms with Crippen molar-refractivity contribution in [2.24, 2.45) is 11.8 Å². The molecule has 1 aliphatic heterocycles. The van der Waals surface area contributed by atoms with Crippen LogP contribution in [-0.4, -0.2) is 24.0 Å². The molecular weight excluding hydrogens is 261 g/mol. The summed E-state index contributed by atoms with van der Waals surface area (Å²) < 4.78 is 13.5. The van der Waals surface area contributed by atoms with Crippen molar-refractivity contribution in [1.82, 2.24) is 4.90 Å². The molecule has 1 heterocycles. The molecule has 0 amide bonds. The largest absolute Gasteiger partial charge is 0.300 e. The third kappa shape index (κ3) is 2.52. The highest BCUT2D eigenvalue weighted by Crippen LogP contribution is 2.47. The van der Waals surface area contributed by atoms with Gasteiger partial charge < -0.3 is 4.90 Å². The fraction of sp³-hybridized carbons (Fsp3) is 0.684. The van der Waals surface area contributed by atoms with Crippen LogP contribution in [0.15, 0.2) is 18.2 Å². The highest BCUT2D eigenvalue weighted by atomic mass is 19.1. The number of piperidine rings is 1. The average molecular weight is 287 g/mol. The summed E-state index contributed by atoms with van der Waals surface area (Å²) in [7, 11) is 0. The molecule has 3 atom stereocenters. The number of nitrogens with zero attached hydrogens (tertiary/aromatic N) is 1. The van der Waals surface area contributed by atoms with Crippen molar-refractivity contribution in [3.63, 3.8) is 0 Å². The molecule has 0 N–H and O–H groups in total. The molecule has 0 spiro atoms. The van der Waals surface area contributed by atoms with Crippen molar-refractivity contribution >= 4 is 0 Å². The minimum atomic E-state index is -0.0777. The van der Waals surface area contributed by atoms with E-state index in [1.807, 2.05) is 6.07 Å². The maximum absolute atomic E-state index is 13.5. The summed E-state index contributed by atoms with van der Waals surface area (Å²) in [5.41, 5.74) is 2.51. The second-order valence-corrected chi connectivity index (χ2v) is 7.55. The molecule has 21 heavy (non-hydrogen) atoms. The summed E-state index contributed by atoms with van der Waals surface area (Å²) in [6.45, 7) is 4.56. The molecule has 1 aromatic carbocycles. The molecule has 2 aliphatic carbocycles. The van der Waals surface area contributed by atoms with Gasteiger partial charge in [-0.1, -0.05) is 12.5 Å². The molecule has 1 aromatic rings. The van der Waals surface area contributed by atoms with Crippen molar-refractivity contribution in [1.29, 1.82) is 0 Å². The monoisotopic (exact) mass is 287 g/mol. The molecule has 1 nitrogen and oxygen atoms in total. The Labute approximate surface area is 127 Å². The summed E-state index contributed by atoms with van der Waals surface area (Å²) in [6, 6.07) is 6.17. The highest BCUT2D eigenvalue weighted by molar-refractivity contribution is 5.30. The Bertz CT molecular complexity index is 518. The van der Waals surface area contributed by atoms with Gasteiger partial charge in [0, 0.05) is 6.04 Å². The summed E-state index contributed by atoms with van der Waals surface area (Å²) in [5.74, 6) is 2.51. The van der Waals surface area contributed by atoms with Crippen molar-refractivity contribution in [2.75, 3.05) is 13.1 Å². The molecule has 3 fully saturated rings. The quantitative estimate of drug-likeness (QED) is 0.774. The second kappa shape index (κ2) is 5.39. The van der Waals surface area contributed by atoms with Crippen LogP contribution in [0.5, 0.6) is 0 Å². The van der Waals surface area contributed by atoms with Crippen LogP contribution in [0.1, 0.15) is 55.6 Å². The van der Waals surface area contributed by atoms with E-state index in [4.69, 9.17) is 0 Å². The van der Waals surface area contributed by atoms with Gasteiger partial charge in [0.05, 0.1) is 0 Å². The van der Waals surface area contributed by atoms with Gasteiger partial charge in [0.15, 0.2) is 0 Å². The van der Waals surface area contributed by atoms with Crippen LogP contribution in [0.4, 0.5) is 4.39 Å².